The Morgan fingerprint density at radius 1 is 1.15 bits per heavy atom. The van der Waals surface area contributed by atoms with Crippen LogP contribution in [0.15, 0.2) is 12.1 Å². The molecule has 0 saturated carbocycles. The Balaban J connectivity index is 2.95. The second kappa shape index (κ2) is 6.05. The molecule has 5 nitrogen and oxygen atoms in total. The van der Waals surface area contributed by atoms with Gasteiger partial charge in [0.2, 0.25) is 0 Å². The molecule has 0 amide bonds. The van der Waals surface area contributed by atoms with Crippen molar-refractivity contribution in [3.63, 3.8) is 0 Å². The van der Waals surface area contributed by atoms with Crippen molar-refractivity contribution in [2.45, 2.75) is 27.7 Å². The number of benzene rings is 1. The molecule has 1 aromatic carbocycles. The Hall–Kier alpha value is -1.88. The summed E-state index contributed by atoms with van der Waals surface area (Å²) in [5.41, 5.74) is 1.17. The third kappa shape index (κ3) is 3.57. The number of hydrogen-bond donors (Lipinski definition) is 2. The van der Waals surface area contributed by atoms with Crippen molar-refractivity contribution in [1.82, 2.24) is 0 Å². The van der Waals surface area contributed by atoms with Gasteiger partial charge in [0.1, 0.15) is 0 Å². The second-order valence-corrected chi connectivity index (χ2v) is 5.61. The molecule has 0 aliphatic carbocycles. The van der Waals surface area contributed by atoms with Crippen LogP contribution in [0, 0.1) is 19.3 Å². The topological polar surface area (TPSA) is 83.8 Å². The number of esters is 1. The maximum absolute atomic E-state index is 12.0. The fourth-order valence-corrected chi connectivity index (χ4v) is 1.66. The SMILES string of the molecule is Cc1c(C(=O)O)ccc(C(=O)OCC(C)(C)CO)c1C. The number of aromatic carboxylic acids is 1. The maximum Gasteiger partial charge on any atom is 0.338 e. The molecule has 0 atom stereocenters. The lowest BCUT2D eigenvalue weighted by Crippen LogP contribution is -2.26. The molecule has 0 spiro atoms. The molecule has 20 heavy (non-hydrogen) atoms. The normalized spacial score (nSPS) is 11.2. The quantitative estimate of drug-likeness (QED) is 0.808. The van der Waals surface area contributed by atoms with E-state index < -0.39 is 17.4 Å². The van der Waals surface area contributed by atoms with Gasteiger partial charge in [-0.25, -0.2) is 9.59 Å². The van der Waals surface area contributed by atoms with Crippen molar-refractivity contribution < 1.29 is 24.5 Å². The van der Waals surface area contributed by atoms with Gasteiger partial charge < -0.3 is 14.9 Å². The Bertz CT molecular complexity index is 531. The summed E-state index contributed by atoms with van der Waals surface area (Å²) < 4.78 is 5.17. The molecule has 1 aromatic rings. The summed E-state index contributed by atoms with van der Waals surface area (Å²) in [7, 11) is 0. The second-order valence-electron chi connectivity index (χ2n) is 5.61. The summed E-state index contributed by atoms with van der Waals surface area (Å²) >= 11 is 0. The van der Waals surface area contributed by atoms with Gasteiger partial charge >= 0.3 is 11.9 Å². The van der Waals surface area contributed by atoms with E-state index in [2.05, 4.69) is 0 Å². The molecule has 0 aliphatic rings. The lowest BCUT2D eigenvalue weighted by Gasteiger charge is -2.21. The van der Waals surface area contributed by atoms with E-state index in [1.54, 1.807) is 27.7 Å². The first kappa shape index (κ1) is 16.2. The highest BCUT2D eigenvalue weighted by molar-refractivity contribution is 5.95. The standard InChI is InChI=1S/C15H20O5/c1-9-10(2)12(6-5-11(9)13(17)18)14(19)20-8-15(3,4)7-16/h5-6,16H,7-8H2,1-4H3,(H,17,18). The summed E-state index contributed by atoms with van der Waals surface area (Å²) in [4.78, 5) is 23.0. The van der Waals surface area contributed by atoms with E-state index >= 15 is 0 Å². The highest BCUT2D eigenvalue weighted by Crippen LogP contribution is 2.20. The van der Waals surface area contributed by atoms with Gasteiger partial charge in [0.15, 0.2) is 0 Å². The van der Waals surface area contributed by atoms with Crippen LogP contribution in [-0.2, 0) is 4.74 Å². The minimum Gasteiger partial charge on any atom is -0.478 e. The highest BCUT2D eigenvalue weighted by Gasteiger charge is 2.22. The van der Waals surface area contributed by atoms with E-state index in [0.29, 0.717) is 16.7 Å². The summed E-state index contributed by atoms with van der Waals surface area (Å²) in [6.07, 6.45) is 0. The zero-order chi connectivity index (χ0) is 15.5. The van der Waals surface area contributed by atoms with Gasteiger partial charge in [0.05, 0.1) is 24.3 Å². The van der Waals surface area contributed by atoms with Crippen LogP contribution in [-0.4, -0.2) is 35.4 Å². The number of aliphatic hydroxyl groups is 1. The predicted octanol–water partition coefficient (Wildman–Crippen LogP) is 2.18. The Labute approximate surface area is 118 Å². The molecular weight excluding hydrogens is 260 g/mol. The molecule has 0 heterocycles. The van der Waals surface area contributed by atoms with Crippen LogP contribution in [0.25, 0.3) is 0 Å². The van der Waals surface area contributed by atoms with Crippen LogP contribution in [0.5, 0.6) is 0 Å². The first-order valence-corrected chi connectivity index (χ1v) is 6.31. The number of aliphatic hydroxyl groups excluding tert-OH is 1. The van der Waals surface area contributed by atoms with Crippen molar-refractivity contribution in [3.05, 3.63) is 34.4 Å². The van der Waals surface area contributed by atoms with Gasteiger partial charge in [-0.2, -0.15) is 0 Å². The van der Waals surface area contributed by atoms with Crippen LogP contribution >= 0.6 is 0 Å². The molecule has 0 radical (unpaired) electrons. The van der Waals surface area contributed by atoms with Gasteiger partial charge in [-0.3, -0.25) is 0 Å². The molecule has 5 heteroatoms. The van der Waals surface area contributed by atoms with Crippen LogP contribution in [0.2, 0.25) is 0 Å². The predicted molar refractivity (Wildman–Crippen MR) is 74.0 cm³/mol. The van der Waals surface area contributed by atoms with Gasteiger partial charge in [-0.1, -0.05) is 13.8 Å². The molecule has 0 saturated heterocycles. The van der Waals surface area contributed by atoms with E-state index in [4.69, 9.17) is 14.9 Å². The number of carboxylic acid groups (broad SMARTS) is 1. The molecule has 0 aromatic heterocycles. The molecule has 2 N–H and O–H groups in total. The molecule has 0 unspecified atom stereocenters. The lowest BCUT2D eigenvalue weighted by molar-refractivity contribution is 0.0217. The van der Waals surface area contributed by atoms with Gasteiger partial charge in [-0.15, -0.1) is 0 Å². The van der Waals surface area contributed by atoms with Crippen molar-refractivity contribution in [3.8, 4) is 0 Å². The maximum atomic E-state index is 12.0. The minimum atomic E-state index is -1.02. The lowest BCUT2D eigenvalue weighted by atomic mass is 9.96. The smallest absolute Gasteiger partial charge is 0.338 e. The average molecular weight is 280 g/mol. The van der Waals surface area contributed by atoms with E-state index in [-0.39, 0.29) is 18.8 Å². The van der Waals surface area contributed by atoms with Crippen LogP contribution in [0.3, 0.4) is 0 Å². The summed E-state index contributed by atoms with van der Waals surface area (Å²) in [6, 6.07) is 2.86. The number of carboxylic acids is 1. The highest BCUT2D eigenvalue weighted by atomic mass is 16.5. The van der Waals surface area contributed by atoms with E-state index in [1.807, 2.05) is 0 Å². The third-order valence-corrected chi connectivity index (χ3v) is 3.26. The molecule has 0 aliphatic heterocycles. The van der Waals surface area contributed by atoms with Crippen molar-refractivity contribution in [2.75, 3.05) is 13.2 Å². The van der Waals surface area contributed by atoms with Crippen LogP contribution in [0.4, 0.5) is 0 Å². The van der Waals surface area contributed by atoms with Crippen LogP contribution < -0.4 is 0 Å². The molecule has 1 rings (SSSR count). The Morgan fingerprint density at radius 3 is 2.15 bits per heavy atom. The minimum absolute atomic E-state index is 0.0871. The van der Waals surface area contributed by atoms with Crippen LogP contribution in [0.1, 0.15) is 45.7 Å². The Morgan fingerprint density at radius 2 is 1.65 bits per heavy atom. The first-order valence-electron chi connectivity index (χ1n) is 6.31. The number of carbonyl (C=O) groups excluding carboxylic acids is 1. The molecule has 0 fully saturated rings. The molecule has 0 bridgehead atoms. The zero-order valence-corrected chi connectivity index (χ0v) is 12.2. The summed E-state index contributed by atoms with van der Waals surface area (Å²) in [5, 5.41) is 18.1. The zero-order valence-electron chi connectivity index (χ0n) is 12.2. The van der Waals surface area contributed by atoms with Gasteiger partial charge in [0.25, 0.3) is 0 Å². The number of hydrogen-bond acceptors (Lipinski definition) is 4. The van der Waals surface area contributed by atoms with Crippen molar-refractivity contribution in [1.29, 1.82) is 0 Å². The summed E-state index contributed by atoms with van der Waals surface area (Å²) in [6.45, 7) is 6.93. The fourth-order valence-electron chi connectivity index (χ4n) is 1.66. The average Bonchev–Trinajstić information content (AvgIpc) is 2.38. The number of rotatable bonds is 5. The largest absolute Gasteiger partial charge is 0.478 e. The Kier molecular flexibility index (Phi) is 4.89. The molecule has 110 valence electrons. The van der Waals surface area contributed by atoms with Gasteiger partial charge in [-0.05, 0) is 37.1 Å². The summed E-state index contributed by atoms with van der Waals surface area (Å²) in [5.74, 6) is -1.53. The number of ether oxygens (including phenoxy) is 1. The van der Waals surface area contributed by atoms with Crippen molar-refractivity contribution >= 4 is 11.9 Å². The molecular formula is C15H20O5. The van der Waals surface area contributed by atoms with E-state index in [0.717, 1.165) is 0 Å². The monoisotopic (exact) mass is 280 g/mol. The van der Waals surface area contributed by atoms with E-state index in [1.165, 1.54) is 12.1 Å². The van der Waals surface area contributed by atoms with Gasteiger partial charge in [0, 0.05) is 5.41 Å². The fraction of sp³-hybridized carbons (Fsp3) is 0.467. The van der Waals surface area contributed by atoms with Crippen molar-refractivity contribution in [2.24, 2.45) is 5.41 Å². The first-order chi connectivity index (χ1) is 9.19. The number of carbonyl (C=O) groups is 2. The third-order valence-electron chi connectivity index (χ3n) is 3.26. The van der Waals surface area contributed by atoms with E-state index in [9.17, 15) is 9.59 Å².